The van der Waals surface area contributed by atoms with Crippen molar-refractivity contribution in [2.24, 2.45) is 0 Å². The lowest BCUT2D eigenvalue weighted by atomic mass is 9.96. The minimum atomic E-state index is -1.05. The van der Waals surface area contributed by atoms with Gasteiger partial charge in [0.25, 0.3) is 0 Å². The van der Waals surface area contributed by atoms with Crippen LogP contribution in [0.3, 0.4) is 0 Å². The molecule has 7 nitrogen and oxygen atoms in total. The van der Waals surface area contributed by atoms with E-state index in [4.69, 9.17) is 11.6 Å². The summed E-state index contributed by atoms with van der Waals surface area (Å²) in [4.78, 5) is 26.4. The lowest BCUT2D eigenvalue weighted by Crippen LogP contribution is -2.51. The van der Waals surface area contributed by atoms with Gasteiger partial charge in [-0.25, -0.2) is 9.97 Å². The Bertz CT molecular complexity index is 992. The monoisotopic (exact) mass is 475 g/mol. The van der Waals surface area contributed by atoms with Crippen LogP contribution in [0.15, 0.2) is 35.6 Å². The van der Waals surface area contributed by atoms with E-state index < -0.39 is 10.8 Å². The number of halogens is 1. The quantitative estimate of drug-likeness (QED) is 0.647. The highest BCUT2D eigenvalue weighted by molar-refractivity contribution is 7.85. The summed E-state index contributed by atoms with van der Waals surface area (Å²) in [5.74, 6) is 1.52. The van der Waals surface area contributed by atoms with Crippen LogP contribution >= 0.6 is 11.6 Å². The lowest BCUT2D eigenvalue weighted by molar-refractivity contribution is -0.133. The van der Waals surface area contributed by atoms with Gasteiger partial charge in [0.05, 0.1) is 16.7 Å². The maximum atomic E-state index is 13.5. The number of nitrogens with zero attached hydrogens (tertiary/aromatic N) is 4. The molecule has 32 heavy (non-hydrogen) atoms. The van der Waals surface area contributed by atoms with Crippen LogP contribution in [-0.2, 0) is 15.6 Å². The predicted octanol–water partition coefficient (Wildman–Crippen LogP) is 2.79. The van der Waals surface area contributed by atoms with Crippen LogP contribution in [0.4, 0.5) is 5.82 Å². The highest BCUT2D eigenvalue weighted by atomic mass is 35.5. The number of anilines is 1. The van der Waals surface area contributed by atoms with Crippen LogP contribution in [0.2, 0.25) is 5.02 Å². The van der Waals surface area contributed by atoms with Crippen LogP contribution < -0.4 is 10.2 Å². The number of rotatable bonds is 6. The zero-order valence-corrected chi connectivity index (χ0v) is 20.3. The molecule has 2 aliphatic heterocycles. The van der Waals surface area contributed by atoms with E-state index in [0.717, 1.165) is 16.9 Å². The largest absolute Gasteiger partial charge is 0.353 e. The fourth-order valence-electron chi connectivity index (χ4n) is 4.38. The van der Waals surface area contributed by atoms with Gasteiger partial charge in [0.2, 0.25) is 5.91 Å². The Morgan fingerprint density at radius 2 is 1.88 bits per heavy atom. The second-order valence-corrected chi connectivity index (χ2v) is 10.7. The number of amides is 1. The first-order chi connectivity index (χ1) is 15.3. The summed E-state index contributed by atoms with van der Waals surface area (Å²) in [6.45, 7) is 9.46. The van der Waals surface area contributed by atoms with Gasteiger partial charge in [-0.1, -0.05) is 44.5 Å². The maximum Gasteiger partial charge on any atom is 0.231 e. The molecule has 1 aromatic heterocycles. The van der Waals surface area contributed by atoms with Crippen LogP contribution in [0, 0.1) is 0 Å². The summed E-state index contributed by atoms with van der Waals surface area (Å²) in [7, 11) is -1.05. The van der Waals surface area contributed by atoms with Gasteiger partial charge in [-0.15, -0.1) is 0 Å². The van der Waals surface area contributed by atoms with Crippen molar-refractivity contribution < 1.29 is 9.00 Å². The molecule has 0 bridgehead atoms. The molecule has 2 aromatic rings. The zero-order valence-electron chi connectivity index (χ0n) is 18.8. The first-order valence-electron chi connectivity index (χ1n) is 11.1. The molecule has 0 saturated carbocycles. The van der Waals surface area contributed by atoms with E-state index in [-0.39, 0.29) is 17.7 Å². The molecule has 1 N–H and O–H groups in total. The van der Waals surface area contributed by atoms with Crippen molar-refractivity contribution >= 4 is 34.1 Å². The van der Waals surface area contributed by atoms with E-state index in [1.807, 2.05) is 29.2 Å². The number of carbonyl (C=O) groups is 1. The molecule has 9 heteroatoms. The molecule has 2 aliphatic rings. The van der Waals surface area contributed by atoms with Crippen molar-refractivity contribution in [3.05, 3.63) is 46.7 Å². The molecule has 1 saturated heterocycles. The predicted molar refractivity (Wildman–Crippen MR) is 128 cm³/mol. The van der Waals surface area contributed by atoms with E-state index in [9.17, 15) is 9.00 Å². The second kappa shape index (κ2) is 9.85. The summed E-state index contributed by atoms with van der Waals surface area (Å²) >= 11 is 6.06. The molecule has 1 amide bonds. The minimum Gasteiger partial charge on any atom is -0.353 e. The fourth-order valence-corrected chi connectivity index (χ4v) is 5.99. The van der Waals surface area contributed by atoms with Gasteiger partial charge in [-0.2, -0.15) is 0 Å². The Morgan fingerprint density at radius 3 is 2.53 bits per heavy atom. The molecule has 3 atom stereocenters. The molecule has 1 fully saturated rings. The van der Waals surface area contributed by atoms with Crippen LogP contribution in [0.25, 0.3) is 0 Å². The lowest BCUT2D eigenvalue weighted by Gasteiger charge is -2.38. The van der Waals surface area contributed by atoms with Crippen molar-refractivity contribution in [1.29, 1.82) is 0 Å². The van der Waals surface area contributed by atoms with Crippen LogP contribution in [-0.4, -0.2) is 69.5 Å². The smallest absolute Gasteiger partial charge is 0.231 e. The molecule has 1 aromatic carbocycles. The van der Waals surface area contributed by atoms with Crippen LogP contribution in [0.1, 0.15) is 43.7 Å². The molecule has 0 radical (unpaired) electrons. The Hall–Kier alpha value is -2.03. The first-order valence-corrected chi connectivity index (χ1v) is 12.8. The molecule has 1 unspecified atom stereocenters. The molecule has 0 spiro atoms. The Kier molecular flexibility index (Phi) is 7.12. The van der Waals surface area contributed by atoms with E-state index in [1.54, 1.807) is 0 Å². The second-order valence-electron chi connectivity index (χ2n) is 8.81. The zero-order chi connectivity index (χ0) is 22.8. The fraction of sp³-hybridized carbons (Fsp3) is 0.522. The third-order valence-electron chi connectivity index (χ3n) is 6.13. The highest BCUT2D eigenvalue weighted by Crippen LogP contribution is 2.36. The topological polar surface area (TPSA) is 78.4 Å². The number of hydrogen-bond donors (Lipinski definition) is 1. The third-order valence-corrected chi connectivity index (χ3v) is 7.94. The van der Waals surface area contributed by atoms with Crippen molar-refractivity contribution in [3.8, 4) is 0 Å². The summed E-state index contributed by atoms with van der Waals surface area (Å²) in [6.07, 6.45) is 1.51. The van der Waals surface area contributed by atoms with Gasteiger partial charge < -0.3 is 15.1 Å². The average molecular weight is 476 g/mol. The Balaban J connectivity index is 1.47. The van der Waals surface area contributed by atoms with Gasteiger partial charge in [-0.3, -0.25) is 9.00 Å². The summed E-state index contributed by atoms with van der Waals surface area (Å²) in [5, 5.41) is 4.75. The first kappa shape index (κ1) is 23.1. The number of nitrogens with one attached hydrogen (secondary N) is 1. The van der Waals surface area contributed by atoms with Crippen LogP contribution in [0.5, 0.6) is 0 Å². The normalized spacial score (nSPS) is 21.7. The van der Waals surface area contributed by atoms with Gasteiger partial charge >= 0.3 is 0 Å². The van der Waals surface area contributed by atoms with E-state index in [1.165, 1.54) is 6.33 Å². The summed E-state index contributed by atoms with van der Waals surface area (Å²) in [6, 6.07) is 7.85. The highest BCUT2D eigenvalue weighted by Gasteiger charge is 2.34. The molecular formula is C23H30ClN5O2S. The molecule has 3 heterocycles. The molecule has 172 valence electrons. The van der Waals surface area contributed by atoms with E-state index in [0.29, 0.717) is 54.6 Å². The standard InChI is InChI=1S/C23H30ClN5O2S/c1-15(2)25-12-19(17-4-6-18(24)7-5-17)23(30)29-10-8-28(9-11-29)21-20-16(3)13-32(31)22(20)27-14-26-21/h4-7,14-16,19,25H,8-13H2,1-3H3/t16-,19-,32?/m1/s1. The number of carbonyl (C=O) groups excluding carboxylic acids is 1. The summed E-state index contributed by atoms with van der Waals surface area (Å²) in [5.41, 5.74) is 1.98. The number of piperazine rings is 1. The molecule has 0 aliphatic carbocycles. The third kappa shape index (κ3) is 4.82. The van der Waals surface area contributed by atoms with E-state index in [2.05, 4.69) is 41.0 Å². The number of fused-ring (bicyclic) bond motifs is 1. The Morgan fingerprint density at radius 1 is 1.19 bits per heavy atom. The number of hydrogen-bond acceptors (Lipinski definition) is 6. The Labute approximate surface area is 197 Å². The van der Waals surface area contributed by atoms with Crippen molar-refractivity contribution in [3.63, 3.8) is 0 Å². The minimum absolute atomic E-state index is 0.127. The average Bonchev–Trinajstić information content (AvgIpc) is 3.08. The maximum absolute atomic E-state index is 13.5. The van der Waals surface area contributed by atoms with Crippen molar-refractivity contribution in [2.75, 3.05) is 43.4 Å². The summed E-state index contributed by atoms with van der Waals surface area (Å²) < 4.78 is 12.3. The number of benzene rings is 1. The van der Waals surface area contributed by atoms with Gasteiger partial charge in [0.15, 0.2) is 0 Å². The van der Waals surface area contributed by atoms with Crippen molar-refractivity contribution in [1.82, 2.24) is 20.2 Å². The SMILES string of the molecule is CC(C)NC[C@@H](C(=O)N1CCN(c2ncnc3c2[C@H](C)CS3=O)CC1)c1ccc(Cl)cc1. The molecular weight excluding hydrogens is 446 g/mol. The number of aromatic nitrogens is 2. The van der Waals surface area contributed by atoms with Gasteiger partial charge in [0, 0.05) is 55.1 Å². The van der Waals surface area contributed by atoms with E-state index >= 15 is 0 Å². The van der Waals surface area contributed by atoms with Gasteiger partial charge in [-0.05, 0) is 23.6 Å². The van der Waals surface area contributed by atoms with Gasteiger partial charge in [0.1, 0.15) is 17.2 Å². The molecule has 4 rings (SSSR count). The van der Waals surface area contributed by atoms with Crippen molar-refractivity contribution in [2.45, 2.75) is 43.7 Å².